The van der Waals surface area contributed by atoms with Crippen molar-refractivity contribution in [1.82, 2.24) is 10.3 Å². The lowest BCUT2D eigenvalue weighted by Gasteiger charge is -2.21. The maximum Gasteiger partial charge on any atom is 0.261 e. The molecule has 7 heteroatoms. The Morgan fingerprint density at radius 3 is 2.85 bits per heavy atom. The molecule has 0 aliphatic heterocycles. The molecule has 0 aliphatic rings. The fraction of sp³-hybridized carbons (Fsp3) is 0.263. The first-order valence-electron chi connectivity index (χ1n) is 8.23. The minimum atomic E-state index is -0.687. The van der Waals surface area contributed by atoms with Crippen molar-refractivity contribution in [2.45, 2.75) is 32.4 Å². The summed E-state index contributed by atoms with van der Waals surface area (Å²) >= 11 is 13.6. The number of ether oxygens (including phenoxy) is 1. The highest BCUT2D eigenvalue weighted by Crippen LogP contribution is 2.27. The number of fused-ring (bicyclic) bond motifs is 1. The van der Waals surface area contributed by atoms with Gasteiger partial charge in [0.25, 0.3) is 5.91 Å². The zero-order valence-corrected chi connectivity index (χ0v) is 16.7. The van der Waals surface area contributed by atoms with E-state index in [1.807, 2.05) is 19.9 Å². The number of thiophene rings is 1. The van der Waals surface area contributed by atoms with Crippen LogP contribution in [0.15, 0.2) is 41.9 Å². The molecule has 2 unspecified atom stereocenters. The Hall–Kier alpha value is -1.82. The number of amides is 1. The van der Waals surface area contributed by atoms with E-state index in [0.29, 0.717) is 11.4 Å². The predicted octanol–water partition coefficient (Wildman–Crippen LogP) is 5.64. The molecule has 3 aromatic rings. The van der Waals surface area contributed by atoms with Gasteiger partial charge in [0.2, 0.25) is 5.88 Å². The SMILES string of the molecule is CCC(Oc1ncc(Cl)cc1Cl)C(=O)NC(C)c1ccc2sccc2c1. The molecule has 136 valence electrons. The van der Waals surface area contributed by atoms with Gasteiger partial charge in [-0.05, 0) is 53.9 Å². The van der Waals surface area contributed by atoms with Crippen LogP contribution in [0.2, 0.25) is 10.0 Å². The van der Waals surface area contributed by atoms with E-state index >= 15 is 0 Å². The van der Waals surface area contributed by atoms with Crippen molar-refractivity contribution in [1.29, 1.82) is 0 Å². The van der Waals surface area contributed by atoms with Crippen molar-refractivity contribution in [3.63, 3.8) is 0 Å². The molecular weight excluding hydrogens is 391 g/mol. The quantitative estimate of drug-likeness (QED) is 0.574. The number of rotatable bonds is 6. The Bertz CT molecular complexity index is 929. The van der Waals surface area contributed by atoms with E-state index in [4.69, 9.17) is 27.9 Å². The van der Waals surface area contributed by atoms with E-state index in [0.717, 1.165) is 5.56 Å². The van der Waals surface area contributed by atoms with Crippen LogP contribution in [0.1, 0.15) is 31.9 Å². The number of halogens is 2. The highest BCUT2D eigenvalue weighted by atomic mass is 35.5. The highest BCUT2D eigenvalue weighted by Gasteiger charge is 2.22. The minimum Gasteiger partial charge on any atom is -0.463 e. The molecule has 1 N–H and O–H groups in total. The Morgan fingerprint density at radius 1 is 1.31 bits per heavy atom. The summed E-state index contributed by atoms with van der Waals surface area (Å²) in [5.74, 6) is -0.0105. The zero-order chi connectivity index (χ0) is 18.7. The number of benzene rings is 1. The maximum atomic E-state index is 12.6. The van der Waals surface area contributed by atoms with Crippen LogP contribution in [0.3, 0.4) is 0 Å². The molecule has 0 saturated carbocycles. The molecule has 0 fully saturated rings. The van der Waals surface area contributed by atoms with Crippen molar-refractivity contribution in [3.05, 3.63) is 57.5 Å². The highest BCUT2D eigenvalue weighted by molar-refractivity contribution is 7.17. The monoisotopic (exact) mass is 408 g/mol. The van der Waals surface area contributed by atoms with Gasteiger partial charge in [0.15, 0.2) is 6.10 Å². The van der Waals surface area contributed by atoms with Crippen molar-refractivity contribution in [2.24, 2.45) is 0 Å². The second-order valence-electron chi connectivity index (χ2n) is 5.90. The summed E-state index contributed by atoms with van der Waals surface area (Å²) in [6.45, 7) is 3.82. The number of hydrogen-bond donors (Lipinski definition) is 1. The van der Waals surface area contributed by atoms with Crippen LogP contribution in [-0.4, -0.2) is 17.0 Å². The molecule has 1 aromatic carbocycles. The number of carbonyl (C=O) groups is 1. The van der Waals surface area contributed by atoms with Gasteiger partial charge in [0.1, 0.15) is 5.02 Å². The number of aromatic nitrogens is 1. The van der Waals surface area contributed by atoms with E-state index in [1.54, 1.807) is 11.3 Å². The summed E-state index contributed by atoms with van der Waals surface area (Å²) in [4.78, 5) is 16.7. The van der Waals surface area contributed by atoms with Gasteiger partial charge in [-0.1, -0.05) is 36.2 Å². The van der Waals surface area contributed by atoms with Crippen molar-refractivity contribution >= 4 is 50.5 Å². The van der Waals surface area contributed by atoms with Gasteiger partial charge in [-0.25, -0.2) is 4.98 Å². The fourth-order valence-electron chi connectivity index (χ4n) is 2.59. The third-order valence-corrected chi connectivity index (χ3v) is 5.40. The Morgan fingerprint density at radius 2 is 2.12 bits per heavy atom. The summed E-state index contributed by atoms with van der Waals surface area (Å²) < 4.78 is 6.92. The number of nitrogens with one attached hydrogen (secondary N) is 1. The van der Waals surface area contributed by atoms with E-state index < -0.39 is 6.10 Å². The third-order valence-electron chi connectivity index (χ3n) is 4.03. The molecule has 2 aromatic heterocycles. The number of hydrogen-bond acceptors (Lipinski definition) is 4. The lowest BCUT2D eigenvalue weighted by atomic mass is 10.1. The number of nitrogens with zero attached hydrogens (tertiary/aromatic N) is 1. The number of carbonyl (C=O) groups excluding carboxylic acids is 1. The molecule has 0 saturated heterocycles. The minimum absolute atomic E-state index is 0.141. The largest absolute Gasteiger partial charge is 0.463 e. The Kier molecular flexibility index (Phi) is 6.01. The van der Waals surface area contributed by atoms with E-state index in [2.05, 4.69) is 33.9 Å². The second kappa shape index (κ2) is 8.25. The molecule has 1 amide bonds. The molecule has 0 radical (unpaired) electrons. The molecule has 26 heavy (non-hydrogen) atoms. The average molecular weight is 409 g/mol. The first-order valence-corrected chi connectivity index (χ1v) is 9.86. The molecule has 2 atom stereocenters. The molecule has 4 nitrogen and oxygen atoms in total. The molecule has 2 heterocycles. The van der Waals surface area contributed by atoms with E-state index in [9.17, 15) is 4.79 Å². The molecule has 0 spiro atoms. The first kappa shape index (κ1) is 19.0. The normalized spacial score (nSPS) is 13.4. The topological polar surface area (TPSA) is 51.2 Å². The fourth-order valence-corrected chi connectivity index (χ4v) is 3.79. The van der Waals surface area contributed by atoms with Crippen LogP contribution in [0, 0.1) is 0 Å². The van der Waals surface area contributed by atoms with Gasteiger partial charge in [0.05, 0.1) is 11.1 Å². The average Bonchev–Trinajstić information content (AvgIpc) is 3.08. The van der Waals surface area contributed by atoms with Gasteiger partial charge in [-0.2, -0.15) is 0 Å². The van der Waals surface area contributed by atoms with Crippen molar-refractivity contribution in [3.8, 4) is 5.88 Å². The Labute approximate surface area is 166 Å². The van der Waals surface area contributed by atoms with Crippen molar-refractivity contribution < 1.29 is 9.53 Å². The lowest BCUT2D eigenvalue weighted by molar-refractivity contribution is -0.128. The first-order chi connectivity index (χ1) is 12.5. The third kappa shape index (κ3) is 4.29. The van der Waals surface area contributed by atoms with Crippen LogP contribution in [0.5, 0.6) is 5.88 Å². The van der Waals surface area contributed by atoms with Gasteiger partial charge < -0.3 is 10.1 Å². The summed E-state index contributed by atoms with van der Waals surface area (Å²) in [6, 6.07) is 9.67. The second-order valence-corrected chi connectivity index (χ2v) is 7.69. The zero-order valence-electron chi connectivity index (χ0n) is 14.3. The van der Waals surface area contributed by atoms with Gasteiger partial charge in [-0.3, -0.25) is 4.79 Å². The van der Waals surface area contributed by atoms with Crippen LogP contribution in [0.4, 0.5) is 0 Å². The standard InChI is InChI=1S/C19H18Cl2N2O2S/c1-3-16(25-19-15(21)9-14(20)10-22-19)18(24)23-11(2)12-4-5-17-13(8-12)6-7-26-17/h4-11,16H,3H2,1-2H3,(H,23,24). The van der Waals surface area contributed by atoms with Crippen LogP contribution < -0.4 is 10.1 Å². The summed E-state index contributed by atoms with van der Waals surface area (Å²) in [6.07, 6.45) is 1.24. The van der Waals surface area contributed by atoms with Crippen LogP contribution >= 0.6 is 34.5 Å². The van der Waals surface area contributed by atoms with Gasteiger partial charge in [-0.15, -0.1) is 11.3 Å². The van der Waals surface area contributed by atoms with E-state index in [-0.39, 0.29) is 22.9 Å². The maximum absolute atomic E-state index is 12.6. The molecule has 0 aliphatic carbocycles. The van der Waals surface area contributed by atoms with Crippen LogP contribution in [-0.2, 0) is 4.79 Å². The molecular formula is C19H18Cl2N2O2S. The molecule has 0 bridgehead atoms. The van der Waals surface area contributed by atoms with Crippen molar-refractivity contribution in [2.75, 3.05) is 0 Å². The summed E-state index contributed by atoms with van der Waals surface area (Å²) in [7, 11) is 0. The summed E-state index contributed by atoms with van der Waals surface area (Å²) in [5.41, 5.74) is 1.04. The Balaban J connectivity index is 1.69. The molecule has 3 rings (SSSR count). The smallest absolute Gasteiger partial charge is 0.261 e. The van der Waals surface area contributed by atoms with Gasteiger partial charge >= 0.3 is 0 Å². The van der Waals surface area contributed by atoms with E-state index in [1.165, 1.54) is 22.3 Å². The lowest BCUT2D eigenvalue weighted by Crippen LogP contribution is -2.39. The van der Waals surface area contributed by atoms with Crippen LogP contribution in [0.25, 0.3) is 10.1 Å². The summed E-state index contributed by atoms with van der Waals surface area (Å²) in [5, 5.41) is 6.92. The number of pyridine rings is 1. The van der Waals surface area contributed by atoms with Gasteiger partial charge in [0, 0.05) is 10.9 Å². The predicted molar refractivity (Wildman–Crippen MR) is 107 cm³/mol.